The molecule has 1 aromatic carbocycles. The Morgan fingerprint density at radius 1 is 1.44 bits per heavy atom. The van der Waals surface area contributed by atoms with Gasteiger partial charge in [0.2, 0.25) is 0 Å². The molecule has 0 aromatic heterocycles. The zero-order valence-corrected chi connectivity index (χ0v) is 8.89. The van der Waals surface area contributed by atoms with Crippen molar-refractivity contribution in [2.45, 2.75) is 18.9 Å². The Labute approximate surface area is 93.6 Å². The minimum absolute atomic E-state index is 0.0353. The predicted molar refractivity (Wildman–Crippen MR) is 59.6 cm³/mol. The van der Waals surface area contributed by atoms with Crippen molar-refractivity contribution in [3.63, 3.8) is 0 Å². The summed E-state index contributed by atoms with van der Waals surface area (Å²) in [6.45, 7) is 1.75. The first-order valence-corrected chi connectivity index (χ1v) is 5.38. The van der Waals surface area contributed by atoms with E-state index in [2.05, 4.69) is 5.32 Å². The summed E-state index contributed by atoms with van der Waals surface area (Å²) in [4.78, 5) is 10.4. The second kappa shape index (κ2) is 4.94. The van der Waals surface area contributed by atoms with Crippen LogP contribution in [0.2, 0.25) is 0 Å². The average molecular weight is 222 g/mol. The van der Waals surface area contributed by atoms with Gasteiger partial charge < -0.3 is 10.1 Å². The molecule has 0 saturated carbocycles. The lowest BCUT2D eigenvalue weighted by Gasteiger charge is -2.23. The first-order valence-electron chi connectivity index (χ1n) is 5.38. The molecule has 0 aliphatic carbocycles. The highest BCUT2D eigenvalue weighted by atomic mass is 16.6. The van der Waals surface area contributed by atoms with Gasteiger partial charge in [0.15, 0.2) is 5.75 Å². The molecule has 1 heterocycles. The molecule has 1 atom stereocenters. The fourth-order valence-corrected chi connectivity index (χ4v) is 1.81. The summed E-state index contributed by atoms with van der Waals surface area (Å²) < 4.78 is 5.64. The van der Waals surface area contributed by atoms with E-state index in [1.807, 2.05) is 0 Å². The van der Waals surface area contributed by atoms with Crippen molar-refractivity contribution < 1.29 is 9.66 Å². The number of ether oxygens (including phenoxy) is 1. The van der Waals surface area contributed by atoms with Crippen LogP contribution in [0.25, 0.3) is 0 Å². The molecule has 0 radical (unpaired) electrons. The largest absolute Gasteiger partial charge is 0.482 e. The Kier molecular flexibility index (Phi) is 3.36. The van der Waals surface area contributed by atoms with Crippen LogP contribution >= 0.6 is 0 Å². The highest BCUT2D eigenvalue weighted by Crippen LogP contribution is 2.27. The molecule has 5 nitrogen and oxygen atoms in total. The van der Waals surface area contributed by atoms with E-state index in [1.165, 1.54) is 6.07 Å². The maximum absolute atomic E-state index is 10.8. The quantitative estimate of drug-likeness (QED) is 0.624. The van der Waals surface area contributed by atoms with Crippen LogP contribution < -0.4 is 10.1 Å². The number of nitrogens with one attached hydrogen (secondary N) is 1. The van der Waals surface area contributed by atoms with Gasteiger partial charge in [-0.1, -0.05) is 12.1 Å². The summed E-state index contributed by atoms with van der Waals surface area (Å²) in [6, 6.07) is 6.50. The van der Waals surface area contributed by atoms with Gasteiger partial charge in [0.05, 0.1) is 4.92 Å². The van der Waals surface area contributed by atoms with Crippen LogP contribution in [-0.2, 0) is 0 Å². The highest BCUT2D eigenvalue weighted by molar-refractivity contribution is 5.45. The number of rotatable bonds is 3. The molecule has 1 unspecified atom stereocenters. The normalized spacial score (nSPS) is 20.4. The second-order valence-corrected chi connectivity index (χ2v) is 3.81. The van der Waals surface area contributed by atoms with E-state index in [1.54, 1.807) is 18.2 Å². The lowest BCUT2D eigenvalue weighted by Crippen LogP contribution is -2.37. The van der Waals surface area contributed by atoms with Crippen LogP contribution in [0.5, 0.6) is 5.75 Å². The van der Waals surface area contributed by atoms with Crippen molar-refractivity contribution in [1.29, 1.82) is 0 Å². The standard InChI is InChI=1S/C11H14N2O3/c14-13(15)10-5-1-2-6-11(10)16-9-4-3-7-12-8-9/h1-2,5-6,9,12H,3-4,7-8H2. The highest BCUT2D eigenvalue weighted by Gasteiger charge is 2.19. The van der Waals surface area contributed by atoms with Gasteiger partial charge in [-0.2, -0.15) is 0 Å². The van der Waals surface area contributed by atoms with Crippen molar-refractivity contribution in [3.8, 4) is 5.75 Å². The molecule has 16 heavy (non-hydrogen) atoms. The number of nitrogens with zero attached hydrogens (tertiary/aromatic N) is 1. The summed E-state index contributed by atoms with van der Waals surface area (Å²) in [7, 11) is 0. The third-order valence-electron chi connectivity index (χ3n) is 2.61. The number of nitro benzene ring substituents is 1. The first-order chi connectivity index (χ1) is 7.77. The SMILES string of the molecule is O=[N+]([O-])c1ccccc1OC1CCCNC1. The Balaban J connectivity index is 2.10. The molecule has 0 amide bonds. The Hall–Kier alpha value is -1.62. The Morgan fingerprint density at radius 2 is 2.25 bits per heavy atom. The van der Waals surface area contributed by atoms with E-state index < -0.39 is 4.92 Å². The summed E-state index contributed by atoms with van der Waals surface area (Å²) in [5, 5.41) is 14.0. The van der Waals surface area contributed by atoms with Gasteiger partial charge in [-0.05, 0) is 25.5 Å². The smallest absolute Gasteiger partial charge is 0.310 e. The molecule has 2 rings (SSSR count). The van der Waals surface area contributed by atoms with Crippen molar-refractivity contribution in [1.82, 2.24) is 5.32 Å². The van der Waals surface area contributed by atoms with Gasteiger partial charge in [0.1, 0.15) is 6.10 Å². The molecule has 1 aromatic rings. The molecule has 0 spiro atoms. The van der Waals surface area contributed by atoms with Crippen LogP contribution in [0.3, 0.4) is 0 Å². The molecular formula is C11H14N2O3. The zero-order chi connectivity index (χ0) is 11.4. The Bertz CT molecular complexity index is 375. The van der Waals surface area contributed by atoms with Crippen LogP contribution in [0.4, 0.5) is 5.69 Å². The number of hydrogen-bond acceptors (Lipinski definition) is 4. The predicted octanol–water partition coefficient (Wildman–Crippen LogP) is 1.73. The number of para-hydroxylation sites is 2. The molecule has 0 bridgehead atoms. The van der Waals surface area contributed by atoms with Crippen LogP contribution in [0, 0.1) is 10.1 Å². The molecule has 1 fully saturated rings. The topological polar surface area (TPSA) is 64.4 Å². The van der Waals surface area contributed by atoms with Gasteiger partial charge in [-0.25, -0.2) is 0 Å². The summed E-state index contributed by atoms with van der Waals surface area (Å²) in [5.74, 6) is 0.362. The maximum Gasteiger partial charge on any atom is 0.310 e. The van der Waals surface area contributed by atoms with Crippen molar-refractivity contribution >= 4 is 5.69 Å². The fraction of sp³-hybridized carbons (Fsp3) is 0.455. The van der Waals surface area contributed by atoms with Gasteiger partial charge in [-0.3, -0.25) is 10.1 Å². The number of benzene rings is 1. The van der Waals surface area contributed by atoms with Crippen molar-refractivity contribution in [2.24, 2.45) is 0 Å². The van der Waals surface area contributed by atoms with E-state index >= 15 is 0 Å². The van der Waals surface area contributed by atoms with E-state index in [-0.39, 0.29) is 11.8 Å². The molecule has 1 aliphatic heterocycles. The number of hydrogen-bond donors (Lipinski definition) is 1. The third kappa shape index (κ3) is 2.49. The zero-order valence-electron chi connectivity index (χ0n) is 8.89. The first kappa shape index (κ1) is 10.9. The summed E-state index contributed by atoms with van der Waals surface area (Å²) in [5.41, 5.74) is 0.0353. The third-order valence-corrected chi connectivity index (χ3v) is 2.61. The van der Waals surface area contributed by atoms with E-state index in [0.29, 0.717) is 5.75 Å². The molecule has 1 saturated heterocycles. The minimum Gasteiger partial charge on any atom is -0.482 e. The monoisotopic (exact) mass is 222 g/mol. The van der Waals surface area contributed by atoms with E-state index in [4.69, 9.17) is 4.74 Å². The lowest BCUT2D eigenvalue weighted by atomic mass is 10.1. The minimum atomic E-state index is -0.411. The van der Waals surface area contributed by atoms with Crippen LogP contribution in [-0.4, -0.2) is 24.1 Å². The van der Waals surface area contributed by atoms with E-state index in [0.717, 1.165) is 25.9 Å². The van der Waals surface area contributed by atoms with Crippen molar-refractivity contribution in [3.05, 3.63) is 34.4 Å². The summed E-state index contributed by atoms with van der Waals surface area (Å²) in [6.07, 6.45) is 2.03. The number of nitro groups is 1. The molecule has 5 heteroatoms. The van der Waals surface area contributed by atoms with Gasteiger partial charge in [0, 0.05) is 12.6 Å². The van der Waals surface area contributed by atoms with Gasteiger partial charge in [0.25, 0.3) is 0 Å². The van der Waals surface area contributed by atoms with Gasteiger partial charge in [-0.15, -0.1) is 0 Å². The molecule has 1 aliphatic rings. The second-order valence-electron chi connectivity index (χ2n) is 3.81. The average Bonchev–Trinajstić information content (AvgIpc) is 2.31. The van der Waals surface area contributed by atoms with E-state index in [9.17, 15) is 10.1 Å². The van der Waals surface area contributed by atoms with Crippen LogP contribution in [0.1, 0.15) is 12.8 Å². The molecule has 86 valence electrons. The lowest BCUT2D eigenvalue weighted by molar-refractivity contribution is -0.386. The maximum atomic E-state index is 10.8. The van der Waals surface area contributed by atoms with Gasteiger partial charge >= 0.3 is 5.69 Å². The fourth-order valence-electron chi connectivity index (χ4n) is 1.81. The van der Waals surface area contributed by atoms with Crippen LogP contribution in [0.15, 0.2) is 24.3 Å². The molecule has 1 N–H and O–H groups in total. The molecular weight excluding hydrogens is 208 g/mol. The van der Waals surface area contributed by atoms with Crippen molar-refractivity contribution in [2.75, 3.05) is 13.1 Å². The summed E-state index contributed by atoms with van der Waals surface area (Å²) >= 11 is 0. The Morgan fingerprint density at radius 3 is 2.94 bits per heavy atom. The number of piperidine rings is 1.